The number of hydrogen-bond donors (Lipinski definition) is 1. The Labute approximate surface area is 86.9 Å². The molecule has 1 N–H and O–H groups in total. The summed E-state index contributed by atoms with van der Waals surface area (Å²) in [6, 6.07) is 1.67. The lowest BCUT2D eigenvalue weighted by atomic mass is 10.1. The van der Waals surface area contributed by atoms with Gasteiger partial charge in [-0.25, -0.2) is 19.9 Å². The minimum atomic E-state index is -0.798. The number of nitrogens with zero attached hydrogens (tertiary/aromatic N) is 4. The van der Waals surface area contributed by atoms with Crippen LogP contribution < -0.4 is 0 Å². The largest absolute Gasteiger partial charge is 0.382 e. The van der Waals surface area contributed by atoms with Crippen molar-refractivity contribution in [1.29, 1.82) is 0 Å². The molecule has 2 aromatic heterocycles. The predicted molar refractivity (Wildman–Crippen MR) is 52.9 cm³/mol. The Kier molecular flexibility index (Phi) is 2.64. The third kappa shape index (κ3) is 2.13. The van der Waals surface area contributed by atoms with Gasteiger partial charge in [-0.05, 0) is 13.0 Å². The first-order chi connectivity index (χ1) is 7.27. The molecule has 2 heterocycles. The van der Waals surface area contributed by atoms with Gasteiger partial charge in [0.25, 0.3) is 0 Å². The summed E-state index contributed by atoms with van der Waals surface area (Å²) in [4.78, 5) is 15.8. The molecule has 0 aromatic carbocycles. The smallest absolute Gasteiger partial charge is 0.125 e. The van der Waals surface area contributed by atoms with Gasteiger partial charge in [-0.3, -0.25) is 0 Å². The predicted octanol–water partition coefficient (Wildman–Crippen LogP) is 0.657. The van der Waals surface area contributed by atoms with Gasteiger partial charge in [0.2, 0.25) is 0 Å². The van der Waals surface area contributed by atoms with Crippen molar-refractivity contribution in [3.8, 4) is 0 Å². The first-order valence-corrected chi connectivity index (χ1v) is 4.50. The zero-order chi connectivity index (χ0) is 10.7. The van der Waals surface area contributed by atoms with Gasteiger partial charge in [0.15, 0.2) is 0 Å². The summed E-state index contributed by atoms with van der Waals surface area (Å²) in [6.07, 6.45) is 5.36. The van der Waals surface area contributed by atoms with E-state index >= 15 is 0 Å². The summed E-state index contributed by atoms with van der Waals surface area (Å²) in [6.45, 7) is 1.78. The Morgan fingerprint density at radius 2 is 2.00 bits per heavy atom. The van der Waals surface area contributed by atoms with E-state index in [9.17, 15) is 5.11 Å². The van der Waals surface area contributed by atoms with Crippen LogP contribution in [0, 0.1) is 6.92 Å². The normalized spacial score (nSPS) is 12.4. The van der Waals surface area contributed by atoms with Crippen molar-refractivity contribution >= 4 is 0 Å². The minimum absolute atomic E-state index is 0.553. The molecule has 15 heavy (non-hydrogen) atoms. The topological polar surface area (TPSA) is 71.8 Å². The molecule has 2 rings (SSSR count). The highest BCUT2D eigenvalue weighted by molar-refractivity contribution is 5.19. The number of rotatable bonds is 2. The number of aliphatic hydroxyl groups excluding tert-OH is 1. The standard InChI is InChI=1S/C10H10N4O/c1-7-13-3-2-9(14-7)10(15)8-4-11-6-12-5-8/h2-6,10,15H,1H3. The highest BCUT2D eigenvalue weighted by atomic mass is 16.3. The first kappa shape index (κ1) is 9.67. The van der Waals surface area contributed by atoms with Crippen LogP contribution in [-0.4, -0.2) is 25.0 Å². The van der Waals surface area contributed by atoms with Crippen molar-refractivity contribution in [3.63, 3.8) is 0 Å². The summed E-state index contributed by atoms with van der Waals surface area (Å²) in [7, 11) is 0. The van der Waals surface area contributed by atoms with Gasteiger partial charge >= 0.3 is 0 Å². The zero-order valence-electron chi connectivity index (χ0n) is 8.20. The fourth-order valence-corrected chi connectivity index (χ4v) is 1.25. The molecular weight excluding hydrogens is 192 g/mol. The van der Waals surface area contributed by atoms with Gasteiger partial charge in [0, 0.05) is 24.2 Å². The van der Waals surface area contributed by atoms with Crippen molar-refractivity contribution in [2.75, 3.05) is 0 Å². The van der Waals surface area contributed by atoms with Gasteiger partial charge in [0.1, 0.15) is 18.3 Å². The van der Waals surface area contributed by atoms with Crippen LogP contribution in [0.4, 0.5) is 0 Å². The van der Waals surface area contributed by atoms with Gasteiger partial charge in [-0.1, -0.05) is 0 Å². The number of aryl methyl sites for hydroxylation is 1. The summed E-state index contributed by atoms with van der Waals surface area (Å²) in [5, 5.41) is 9.95. The molecule has 0 aliphatic rings. The molecular formula is C10H10N4O. The third-order valence-corrected chi connectivity index (χ3v) is 1.97. The summed E-state index contributed by atoms with van der Waals surface area (Å²) < 4.78 is 0. The molecule has 0 aliphatic carbocycles. The maximum absolute atomic E-state index is 9.95. The van der Waals surface area contributed by atoms with E-state index in [2.05, 4.69) is 19.9 Å². The van der Waals surface area contributed by atoms with E-state index in [-0.39, 0.29) is 0 Å². The Morgan fingerprint density at radius 1 is 1.27 bits per heavy atom. The minimum Gasteiger partial charge on any atom is -0.382 e. The second kappa shape index (κ2) is 4.10. The monoisotopic (exact) mass is 202 g/mol. The van der Waals surface area contributed by atoms with Crippen LogP contribution in [0.3, 0.4) is 0 Å². The molecule has 0 saturated carbocycles. The molecule has 0 fully saturated rings. The Balaban J connectivity index is 2.32. The van der Waals surface area contributed by atoms with Gasteiger partial charge in [-0.2, -0.15) is 0 Å². The molecule has 5 heteroatoms. The van der Waals surface area contributed by atoms with Gasteiger partial charge < -0.3 is 5.11 Å². The Hall–Kier alpha value is -1.88. The molecule has 76 valence electrons. The second-order valence-corrected chi connectivity index (χ2v) is 3.10. The lowest BCUT2D eigenvalue weighted by molar-refractivity contribution is 0.214. The highest BCUT2D eigenvalue weighted by Gasteiger charge is 2.12. The average Bonchev–Trinajstić information content (AvgIpc) is 2.29. The zero-order valence-corrected chi connectivity index (χ0v) is 8.20. The molecule has 0 radical (unpaired) electrons. The Bertz CT molecular complexity index is 446. The third-order valence-electron chi connectivity index (χ3n) is 1.97. The van der Waals surface area contributed by atoms with Crippen LogP contribution in [0.15, 0.2) is 31.0 Å². The van der Waals surface area contributed by atoms with Gasteiger partial charge in [0.05, 0.1) is 5.69 Å². The van der Waals surface area contributed by atoms with Crippen molar-refractivity contribution in [2.24, 2.45) is 0 Å². The highest BCUT2D eigenvalue weighted by Crippen LogP contribution is 2.17. The maximum Gasteiger partial charge on any atom is 0.125 e. The maximum atomic E-state index is 9.95. The molecule has 0 bridgehead atoms. The summed E-state index contributed by atoms with van der Waals surface area (Å²) >= 11 is 0. The van der Waals surface area contributed by atoms with Crippen LogP contribution in [0.2, 0.25) is 0 Å². The van der Waals surface area contributed by atoms with E-state index in [1.807, 2.05) is 0 Å². The summed E-state index contributed by atoms with van der Waals surface area (Å²) in [5.41, 5.74) is 1.17. The number of aromatic nitrogens is 4. The second-order valence-electron chi connectivity index (χ2n) is 3.10. The molecule has 0 amide bonds. The van der Waals surface area contributed by atoms with E-state index in [4.69, 9.17) is 0 Å². The lowest BCUT2D eigenvalue weighted by Gasteiger charge is -2.09. The van der Waals surface area contributed by atoms with Crippen LogP contribution in [0.25, 0.3) is 0 Å². The number of aliphatic hydroxyl groups is 1. The molecule has 0 saturated heterocycles. The van der Waals surface area contributed by atoms with Crippen molar-refractivity contribution < 1.29 is 5.11 Å². The van der Waals surface area contributed by atoms with E-state index in [0.29, 0.717) is 17.1 Å². The van der Waals surface area contributed by atoms with E-state index in [1.54, 1.807) is 31.6 Å². The quantitative estimate of drug-likeness (QED) is 0.774. The van der Waals surface area contributed by atoms with Crippen LogP contribution >= 0.6 is 0 Å². The Morgan fingerprint density at radius 3 is 2.67 bits per heavy atom. The van der Waals surface area contributed by atoms with Crippen molar-refractivity contribution in [1.82, 2.24) is 19.9 Å². The lowest BCUT2D eigenvalue weighted by Crippen LogP contribution is -2.04. The fourth-order valence-electron chi connectivity index (χ4n) is 1.25. The average molecular weight is 202 g/mol. The molecule has 1 atom stereocenters. The van der Waals surface area contributed by atoms with Crippen LogP contribution in [0.5, 0.6) is 0 Å². The van der Waals surface area contributed by atoms with Crippen molar-refractivity contribution in [3.05, 3.63) is 48.1 Å². The molecule has 5 nitrogen and oxygen atoms in total. The van der Waals surface area contributed by atoms with E-state index in [0.717, 1.165) is 0 Å². The summed E-state index contributed by atoms with van der Waals surface area (Å²) in [5.74, 6) is 0.628. The van der Waals surface area contributed by atoms with Crippen molar-refractivity contribution in [2.45, 2.75) is 13.0 Å². The fraction of sp³-hybridized carbons (Fsp3) is 0.200. The van der Waals surface area contributed by atoms with Gasteiger partial charge in [-0.15, -0.1) is 0 Å². The number of hydrogen-bond acceptors (Lipinski definition) is 5. The van der Waals surface area contributed by atoms with Crippen LogP contribution in [-0.2, 0) is 0 Å². The first-order valence-electron chi connectivity index (χ1n) is 4.50. The molecule has 0 spiro atoms. The SMILES string of the molecule is Cc1nccc(C(O)c2cncnc2)n1. The molecule has 1 unspecified atom stereocenters. The molecule has 0 aliphatic heterocycles. The van der Waals surface area contributed by atoms with E-state index < -0.39 is 6.10 Å². The van der Waals surface area contributed by atoms with Crippen LogP contribution in [0.1, 0.15) is 23.2 Å². The molecule has 2 aromatic rings. The van der Waals surface area contributed by atoms with E-state index in [1.165, 1.54) is 6.33 Å².